The molecule has 2 atom stereocenters. The zero-order valence-corrected chi connectivity index (χ0v) is 10.4. The second-order valence-electron chi connectivity index (χ2n) is 5.48. The van der Waals surface area contributed by atoms with Gasteiger partial charge in [-0.2, -0.15) is 0 Å². The summed E-state index contributed by atoms with van der Waals surface area (Å²) in [5.41, 5.74) is 7.84. The number of likely N-dealkylation sites (tertiary alicyclic amines) is 1. The molecule has 3 rings (SSSR count). The first kappa shape index (κ1) is 11.2. The Hall–Kier alpha value is -0.860. The van der Waals surface area contributed by atoms with E-state index in [-0.39, 0.29) is 0 Å². The van der Waals surface area contributed by atoms with Crippen molar-refractivity contribution in [3.8, 4) is 0 Å². The normalized spacial score (nSPS) is 31.1. The average Bonchev–Trinajstić information content (AvgIpc) is 3.17. The Labute approximate surface area is 104 Å². The Morgan fingerprint density at radius 3 is 2.47 bits per heavy atom. The van der Waals surface area contributed by atoms with Gasteiger partial charge in [0.05, 0.1) is 6.04 Å². The van der Waals surface area contributed by atoms with Crippen molar-refractivity contribution < 1.29 is 0 Å². The monoisotopic (exact) mass is 230 g/mol. The number of benzene rings is 1. The molecule has 2 aliphatic rings. The van der Waals surface area contributed by atoms with E-state index >= 15 is 0 Å². The fourth-order valence-electron chi connectivity index (χ4n) is 3.12. The van der Waals surface area contributed by atoms with E-state index in [0.29, 0.717) is 12.1 Å². The van der Waals surface area contributed by atoms with Crippen LogP contribution < -0.4 is 5.73 Å². The zero-order valence-electron chi connectivity index (χ0n) is 10.4. The van der Waals surface area contributed by atoms with Gasteiger partial charge in [-0.15, -0.1) is 0 Å². The molecule has 1 aromatic carbocycles. The van der Waals surface area contributed by atoms with E-state index in [1.807, 2.05) is 0 Å². The highest BCUT2D eigenvalue weighted by molar-refractivity contribution is 5.22. The molecule has 0 spiro atoms. The van der Waals surface area contributed by atoms with Crippen LogP contribution in [0, 0.1) is 0 Å². The van der Waals surface area contributed by atoms with Crippen molar-refractivity contribution in [2.24, 2.45) is 5.73 Å². The molecular formula is C15H22N2. The summed E-state index contributed by atoms with van der Waals surface area (Å²) in [6.45, 7) is 1.23. The number of hydrogen-bond acceptors (Lipinski definition) is 2. The maximum atomic E-state index is 6.43. The lowest BCUT2D eigenvalue weighted by Crippen LogP contribution is -2.40. The van der Waals surface area contributed by atoms with Crippen LogP contribution in [0.5, 0.6) is 0 Å². The van der Waals surface area contributed by atoms with Crippen LogP contribution in [0.1, 0.15) is 43.7 Å². The van der Waals surface area contributed by atoms with Crippen LogP contribution in [-0.4, -0.2) is 23.5 Å². The van der Waals surface area contributed by atoms with Crippen LogP contribution in [0.25, 0.3) is 0 Å². The van der Waals surface area contributed by atoms with E-state index in [1.54, 1.807) is 0 Å². The van der Waals surface area contributed by atoms with Gasteiger partial charge in [0.25, 0.3) is 0 Å². The maximum absolute atomic E-state index is 6.43. The number of nitrogens with two attached hydrogens (primary N) is 1. The van der Waals surface area contributed by atoms with Gasteiger partial charge in [0.1, 0.15) is 0 Å². The maximum Gasteiger partial charge on any atom is 0.0502 e. The summed E-state index contributed by atoms with van der Waals surface area (Å²) in [6, 6.07) is 12.4. The predicted molar refractivity (Wildman–Crippen MR) is 70.7 cm³/mol. The van der Waals surface area contributed by atoms with Crippen LogP contribution >= 0.6 is 0 Å². The van der Waals surface area contributed by atoms with Crippen LogP contribution in [0.15, 0.2) is 30.3 Å². The lowest BCUT2D eigenvalue weighted by Gasteiger charge is -2.34. The molecule has 2 fully saturated rings. The SMILES string of the molecule is NC1CCCCN(C2CC2)C1c1ccccc1. The van der Waals surface area contributed by atoms with E-state index in [4.69, 9.17) is 5.73 Å². The molecule has 0 radical (unpaired) electrons. The summed E-state index contributed by atoms with van der Waals surface area (Å²) in [5, 5.41) is 0. The summed E-state index contributed by atoms with van der Waals surface area (Å²) in [4.78, 5) is 2.67. The number of nitrogens with zero attached hydrogens (tertiary/aromatic N) is 1. The topological polar surface area (TPSA) is 29.3 Å². The highest BCUT2D eigenvalue weighted by Crippen LogP contribution is 2.38. The Morgan fingerprint density at radius 2 is 1.76 bits per heavy atom. The number of hydrogen-bond donors (Lipinski definition) is 1. The molecule has 1 aliphatic heterocycles. The van der Waals surface area contributed by atoms with Crippen LogP contribution in [0.3, 0.4) is 0 Å². The Bertz CT molecular complexity index is 358. The van der Waals surface area contributed by atoms with Gasteiger partial charge >= 0.3 is 0 Å². The van der Waals surface area contributed by atoms with Gasteiger partial charge in [0.2, 0.25) is 0 Å². The van der Waals surface area contributed by atoms with E-state index in [9.17, 15) is 0 Å². The fourth-order valence-corrected chi connectivity index (χ4v) is 3.12. The molecule has 0 amide bonds. The predicted octanol–water partition coefficient (Wildman–Crippen LogP) is 2.70. The summed E-state index contributed by atoms with van der Waals surface area (Å²) >= 11 is 0. The summed E-state index contributed by atoms with van der Waals surface area (Å²) in [7, 11) is 0. The highest BCUT2D eigenvalue weighted by Gasteiger charge is 2.37. The molecule has 1 saturated heterocycles. The lowest BCUT2D eigenvalue weighted by molar-refractivity contribution is 0.175. The molecule has 1 aromatic rings. The Kier molecular flexibility index (Phi) is 3.17. The molecule has 2 nitrogen and oxygen atoms in total. The minimum absolute atomic E-state index is 0.306. The zero-order chi connectivity index (χ0) is 11.7. The molecular weight excluding hydrogens is 208 g/mol. The molecule has 1 heterocycles. The van der Waals surface area contributed by atoms with Gasteiger partial charge in [0.15, 0.2) is 0 Å². The van der Waals surface area contributed by atoms with E-state index in [1.165, 1.54) is 44.2 Å². The van der Waals surface area contributed by atoms with Crippen molar-refractivity contribution >= 4 is 0 Å². The van der Waals surface area contributed by atoms with Gasteiger partial charge in [-0.25, -0.2) is 0 Å². The van der Waals surface area contributed by atoms with Crippen molar-refractivity contribution in [1.82, 2.24) is 4.90 Å². The highest BCUT2D eigenvalue weighted by atomic mass is 15.2. The van der Waals surface area contributed by atoms with Crippen molar-refractivity contribution in [3.05, 3.63) is 35.9 Å². The second kappa shape index (κ2) is 4.79. The largest absolute Gasteiger partial charge is 0.326 e. The van der Waals surface area contributed by atoms with E-state index in [2.05, 4.69) is 35.2 Å². The van der Waals surface area contributed by atoms with Gasteiger partial charge in [-0.3, -0.25) is 4.90 Å². The molecule has 92 valence electrons. The summed E-state index contributed by atoms with van der Waals surface area (Å²) in [6.07, 6.45) is 6.51. The third-order valence-electron chi connectivity index (χ3n) is 4.12. The van der Waals surface area contributed by atoms with Gasteiger partial charge < -0.3 is 5.73 Å². The van der Waals surface area contributed by atoms with Gasteiger partial charge in [-0.05, 0) is 37.8 Å². The third kappa shape index (κ3) is 2.38. The third-order valence-corrected chi connectivity index (χ3v) is 4.12. The van der Waals surface area contributed by atoms with Crippen LogP contribution in [0.4, 0.5) is 0 Å². The fraction of sp³-hybridized carbons (Fsp3) is 0.600. The van der Waals surface area contributed by atoms with Crippen LogP contribution in [0.2, 0.25) is 0 Å². The Morgan fingerprint density at radius 1 is 1.00 bits per heavy atom. The molecule has 1 saturated carbocycles. The Balaban J connectivity index is 1.89. The van der Waals surface area contributed by atoms with Gasteiger partial charge in [-0.1, -0.05) is 36.8 Å². The molecule has 2 heteroatoms. The molecule has 1 aliphatic carbocycles. The molecule has 0 bridgehead atoms. The average molecular weight is 230 g/mol. The first-order valence-electron chi connectivity index (χ1n) is 6.92. The summed E-state index contributed by atoms with van der Waals surface area (Å²) in [5.74, 6) is 0. The van der Waals surface area contributed by atoms with Crippen molar-refractivity contribution in [3.63, 3.8) is 0 Å². The standard InChI is InChI=1S/C15H22N2/c16-14-8-4-5-11-17(13-9-10-13)15(14)12-6-2-1-3-7-12/h1-3,6-7,13-15H,4-5,8-11,16H2. The van der Waals surface area contributed by atoms with E-state index in [0.717, 1.165) is 6.04 Å². The quantitative estimate of drug-likeness (QED) is 0.846. The first-order chi connectivity index (χ1) is 8.36. The van der Waals surface area contributed by atoms with Crippen molar-refractivity contribution in [2.75, 3.05) is 6.54 Å². The van der Waals surface area contributed by atoms with Crippen LogP contribution in [-0.2, 0) is 0 Å². The first-order valence-corrected chi connectivity index (χ1v) is 6.92. The smallest absolute Gasteiger partial charge is 0.0502 e. The van der Waals surface area contributed by atoms with Crippen molar-refractivity contribution in [2.45, 2.75) is 50.2 Å². The molecule has 0 aromatic heterocycles. The van der Waals surface area contributed by atoms with E-state index < -0.39 is 0 Å². The lowest BCUT2D eigenvalue weighted by atomic mass is 9.96. The minimum atomic E-state index is 0.306. The summed E-state index contributed by atoms with van der Waals surface area (Å²) < 4.78 is 0. The number of rotatable bonds is 2. The molecule has 17 heavy (non-hydrogen) atoms. The van der Waals surface area contributed by atoms with Crippen molar-refractivity contribution in [1.29, 1.82) is 0 Å². The molecule has 2 N–H and O–H groups in total. The minimum Gasteiger partial charge on any atom is -0.326 e. The van der Waals surface area contributed by atoms with Gasteiger partial charge in [0, 0.05) is 12.1 Å². The second-order valence-corrected chi connectivity index (χ2v) is 5.48. The molecule has 2 unspecified atom stereocenters.